The van der Waals surface area contributed by atoms with Crippen molar-refractivity contribution < 1.29 is 9.59 Å². The van der Waals surface area contributed by atoms with Gasteiger partial charge in [-0.05, 0) is 59.9 Å². The highest BCUT2D eigenvalue weighted by atomic mass is 16.2. The van der Waals surface area contributed by atoms with E-state index in [1.54, 1.807) is 0 Å². The molecule has 1 saturated carbocycles. The van der Waals surface area contributed by atoms with Crippen LogP contribution in [0.2, 0.25) is 0 Å². The Balaban J connectivity index is 1.53. The summed E-state index contributed by atoms with van der Waals surface area (Å²) in [6, 6.07) is 35.0. The number of para-hydroxylation sites is 2. The molecule has 1 aliphatic carbocycles. The lowest BCUT2D eigenvalue weighted by Crippen LogP contribution is -2.45. The second-order valence-electron chi connectivity index (χ2n) is 10.5. The summed E-state index contributed by atoms with van der Waals surface area (Å²) in [4.78, 5) is 37.4. The molecule has 0 saturated heterocycles. The Morgan fingerprint density at radius 3 is 2.10 bits per heavy atom. The maximum Gasteiger partial charge on any atom is 0.258 e. The summed E-state index contributed by atoms with van der Waals surface area (Å²) in [5, 5.41) is 0. The average Bonchev–Trinajstić information content (AvgIpc) is 3.12. The first kappa shape index (κ1) is 24.8. The number of carbonyl (C=O) groups excluding carboxylic acids is 2. The van der Waals surface area contributed by atoms with Crippen molar-refractivity contribution in [3.8, 4) is 0 Å². The second kappa shape index (κ2) is 10.3. The molecule has 4 aromatic rings. The summed E-state index contributed by atoms with van der Waals surface area (Å²) >= 11 is 0. The Hall–Kier alpha value is -4.51. The number of anilines is 2. The van der Waals surface area contributed by atoms with Crippen molar-refractivity contribution in [3.63, 3.8) is 0 Å². The first-order valence-electron chi connectivity index (χ1n) is 13.4. The third-order valence-corrected chi connectivity index (χ3v) is 7.87. The van der Waals surface area contributed by atoms with Gasteiger partial charge in [-0.2, -0.15) is 0 Å². The Labute approximate surface area is 229 Å². The minimum atomic E-state index is -0.532. The highest BCUT2D eigenvalue weighted by Gasteiger charge is 2.46. The molecule has 6 rings (SSSR count). The zero-order valence-corrected chi connectivity index (χ0v) is 22.2. The fourth-order valence-electron chi connectivity index (χ4n) is 5.92. The van der Waals surface area contributed by atoms with E-state index in [-0.39, 0.29) is 17.6 Å². The zero-order chi connectivity index (χ0) is 26.9. The van der Waals surface area contributed by atoms with Crippen LogP contribution in [-0.4, -0.2) is 31.5 Å². The number of aliphatic imine (C=N–C) groups is 1. The summed E-state index contributed by atoms with van der Waals surface area (Å²) in [7, 11) is 4.00. The number of fused-ring (bicyclic) bond motifs is 2. The topological polar surface area (TPSA) is 53.0 Å². The lowest BCUT2D eigenvalue weighted by molar-refractivity contribution is -0.122. The van der Waals surface area contributed by atoms with Crippen LogP contribution in [0.1, 0.15) is 46.3 Å². The van der Waals surface area contributed by atoms with Crippen molar-refractivity contribution in [2.24, 2.45) is 10.9 Å². The highest BCUT2D eigenvalue weighted by molar-refractivity contribution is 6.15. The minimum absolute atomic E-state index is 0.0639. The van der Waals surface area contributed by atoms with Gasteiger partial charge >= 0.3 is 0 Å². The van der Waals surface area contributed by atoms with E-state index in [1.165, 1.54) is 0 Å². The van der Waals surface area contributed by atoms with E-state index < -0.39 is 12.0 Å². The van der Waals surface area contributed by atoms with Crippen molar-refractivity contribution in [1.29, 1.82) is 0 Å². The molecule has 0 spiro atoms. The summed E-state index contributed by atoms with van der Waals surface area (Å²) in [5.74, 6) is -0.488. The Morgan fingerprint density at radius 2 is 1.41 bits per heavy atom. The molecule has 2 aliphatic rings. The number of ketones is 1. The number of nitrogens with zero attached hydrogens (tertiary/aromatic N) is 3. The molecule has 1 heterocycles. The van der Waals surface area contributed by atoms with Crippen molar-refractivity contribution in [3.05, 3.63) is 126 Å². The quantitative estimate of drug-likeness (QED) is 0.296. The van der Waals surface area contributed by atoms with Gasteiger partial charge in [0.25, 0.3) is 5.91 Å². The van der Waals surface area contributed by atoms with E-state index in [1.807, 2.05) is 121 Å². The summed E-state index contributed by atoms with van der Waals surface area (Å²) in [6.07, 6.45) is 1.10. The number of rotatable bonds is 4. The summed E-state index contributed by atoms with van der Waals surface area (Å²) in [5.41, 5.74) is 5.99. The fraction of sp³-hybridized carbons (Fsp3) is 0.206. The van der Waals surface area contributed by atoms with Crippen LogP contribution >= 0.6 is 0 Å². The first-order chi connectivity index (χ1) is 19.0. The summed E-state index contributed by atoms with van der Waals surface area (Å²) in [6.45, 7) is 0. The Bertz CT molecular complexity index is 1530. The first-order valence-corrected chi connectivity index (χ1v) is 13.4. The predicted octanol–water partition coefficient (Wildman–Crippen LogP) is 6.99. The molecular formula is C34H31N3O2. The Morgan fingerprint density at radius 1 is 0.769 bits per heavy atom. The van der Waals surface area contributed by atoms with Gasteiger partial charge in [0.15, 0.2) is 0 Å². The molecule has 1 amide bonds. The molecular weight excluding hydrogens is 482 g/mol. The van der Waals surface area contributed by atoms with E-state index in [0.717, 1.165) is 33.9 Å². The predicted molar refractivity (Wildman–Crippen MR) is 157 cm³/mol. The molecule has 39 heavy (non-hydrogen) atoms. The third-order valence-electron chi connectivity index (χ3n) is 7.87. The van der Waals surface area contributed by atoms with Crippen molar-refractivity contribution in [1.82, 2.24) is 0 Å². The monoisotopic (exact) mass is 513 g/mol. The SMILES string of the molecule is CN(C)c1ccc([C@H]2[C@@H]3C(=O)C[C@@H](c4ccccc4)CC3=Nc3ccccc3N2C(=O)c2ccccc2)cc1. The molecule has 5 heteroatoms. The maximum absolute atomic E-state index is 14.3. The minimum Gasteiger partial charge on any atom is -0.378 e. The molecule has 1 aliphatic heterocycles. The molecule has 4 aromatic carbocycles. The lowest BCUT2D eigenvalue weighted by atomic mass is 9.72. The van der Waals surface area contributed by atoms with Crippen molar-refractivity contribution >= 4 is 34.5 Å². The van der Waals surface area contributed by atoms with Gasteiger partial charge in [-0.25, -0.2) is 0 Å². The van der Waals surface area contributed by atoms with Crippen LogP contribution in [-0.2, 0) is 4.79 Å². The van der Waals surface area contributed by atoms with Gasteiger partial charge in [0.2, 0.25) is 0 Å². The molecule has 0 bridgehead atoms. The summed E-state index contributed by atoms with van der Waals surface area (Å²) < 4.78 is 0. The van der Waals surface area contributed by atoms with Crippen LogP contribution in [0, 0.1) is 5.92 Å². The normalized spacial score (nSPS) is 20.4. The van der Waals surface area contributed by atoms with Gasteiger partial charge in [-0.15, -0.1) is 0 Å². The van der Waals surface area contributed by atoms with E-state index in [4.69, 9.17) is 4.99 Å². The number of hydrogen-bond acceptors (Lipinski definition) is 4. The molecule has 5 nitrogen and oxygen atoms in total. The number of carbonyl (C=O) groups is 2. The second-order valence-corrected chi connectivity index (χ2v) is 10.5. The fourth-order valence-corrected chi connectivity index (χ4v) is 5.92. The van der Waals surface area contributed by atoms with E-state index in [0.29, 0.717) is 18.4 Å². The van der Waals surface area contributed by atoms with Crippen LogP contribution in [0.4, 0.5) is 17.1 Å². The highest BCUT2D eigenvalue weighted by Crippen LogP contribution is 2.48. The van der Waals surface area contributed by atoms with Crippen LogP contribution in [0.5, 0.6) is 0 Å². The molecule has 3 atom stereocenters. The largest absolute Gasteiger partial charge is 0.378 e. The number of benzene rings is 4. The molecule has 0 unspecified atom stereocenters. The molecule has 0 radical (unpaired) electrons. The van der Waals surface area contributed by atoms with E-state index in [2.05, 4.69) is 12.1 Å². The van der Waals surface area contributed by atoms with Crippen molar-refractivity contribution in [2.45, 2.75) is 24.8 Å². The molecule has 1 fully saturated rings. The van der Waals surface area contributed by atoms with Crippen LogP contribution in [0.3, 0.4) is 0 Å². The smallest absolute Gasteiger partial charge is 0.258 e. The molecule has 0 N–H and O–H groups in total. The number of Topliss-reactive ketones (excluding diaryl/α,β-unsaturated/α-hetero) is 1. The van der Waals surface area contributed by atoms with E-state index >= 15 is 0 Å². The zero-order valence-electron chi connectivity index (χ0n) is 22.2. The number of amides is 1. The van der Waals surface area contributed by atoms with Gasteiger partial charge < -0.3 is 4.90 Å². The van der Waals surface area contributed by atoms with Crippen LogP contribution in [0.25, 0.3) is 0 Å². The number of hydrogen-bond donors (Lipinski definition) is 0. The van der Waals surface area contributed by atoms with Crippen molar-refractivity contribution in [2.75, 3.05) is 23.9 Å². The van der Waals surface area contributed by atoms with Gasteiger partial charge in [-0.1, -0.05) is 72.8 Å². The standard InChI is InChI=1S/C34H31N3O2/c1-36(2)27-19-17-24(18-20-27)33-32-29(21-26(22-31(32)38)23-11-5-3-6-12-23)35-28-15-9-10-16-30(28)37(33)34(39)25-13-7-4-8-14-25/h3-20,26,32-33H,21-22H2,1-2H3/t26-,32-,33-/m0/s1. The van der Waals surface area contributed by atoms with Crippen LogP contribution in [0.15, 0.2) is 114 Å². The third kappa shape index (κ3) is 4.65. The lowest BCUT2D eigenvalue weighted by Gasteiger charge is -2.39. The molecule has 0 aromatic heterocycles. The van der Waals surface area contributed by atoms with Gasteiger partial charge in [0.1, 0.15) is 5.78 Å². The Kier molecular flexibility index (Phi) is 6.57. The molecule has 194 valence electrons. The maximum atomic E-state index is 14.3. The van der Waals surface area contributed by atoms with Crippen LogP contribution < -0.4 is 9.80 Å². The van der Waals surface area contributed by atoms with Gasteiger partial charge in [0.05, 0.1) is 23.3 Å². The van der Waals surface area contributed by atoms with Gasteiger partial charge in [0, 0.05) is 37.5 Å². The van der Waals surface area contributed by atoms with E-state index in [9.17, 15) is 9.59 Å². The van der Waals surface area contributed by atoms with Gasteiger partial charge in [-0.3, -0.25) is 19.5 Å². The average molecular weight is 514 g/mol.